The van der Waals surface area contributed by atoms with E-state index in [2.05, 4.69) is 33.7 Å². The number of carbonyl (C=O) groups is 1. The van der Waals surface area contributed by atoms with Gasteiger partial charge in [0.25, 0.3) is 0 Å². The van der Waals surface area contributed by atoms with Crippen LogP contribution < -0.4 is 20.1 Å². The van der Waals surface area contributed by atoms with E-state index in [1.807, 2.05) is 18.2 Å². The Labute approximate surface area is 212 Å². The Morgan fingerprint density at radius 2 is 1.33 bits per heavy atom. The molecule has 0 saturated carbocycles. The van der Waals surface area contributed by atoms with E-state index in [1.54, 1.807) is 6.07 Å². The Kier molecular flexibility index (Phi) is 5.23. The minimum atomic E-state index is -0.862. The molecule has 7 rings (SSSR count). The molecule has 0 amide bonds. The normalized spacial score (nSPS) is 17.9. The fourth-order valence-electron chi connectivity index (χ4n) is 7.26. The maximum Gasteiger partial charge on any atom is 0.336 e. The van der Waals surface area contributed by atoms with Crippen molar-refractivity contribution in [1.82, 2.24) is 4.58 Å². The molecule has 3 aromatic rings. The molecule has 1 N–H and O–H groups in total. The van der Waals surface area contributed by atoms with Crippen LogP contribution in [0.2, 0.25) is 0 Å². The van der Waals surface area contributed by atoms with Crippen molar-refractivity contribution in [2.45, 2.75) is 51.4 Å². The Hall–Kier alpha value is -3.40. The van der Waals surface area contributed by atoms with Crippen LogP contribution in [0.3, 0.4) is 0 Å². The number of rotatable bonds is 3. The van der Waals surface area contributed by atoms with Gasteiger partial charge < -0.3 is 10.0 Å². The maximum absolute atomic E-state index is 12.4. The molecule has 0 aromatic heterocycles. The molecule has 0 radical (unpaired) electrons. The Morgan fingerprint density at radius 3 is 1.94 bits per heavy atom. The van der Waals surface area contributed by atoms with Crippen molar-refractivity contribution < 1.29 is 9.90 Å². The first-order valence-corrected chi connectivity index (χ1v) is 13.7. The number of aryl methyl sites for hydroxylation is 4. The van der Waals surface area contributed by atoms with Crippen LogP contribution in [-0.4, -0.2) is 37.3 Å². The van der Waals surface area contributed by atoms with Crippen molar-refractivity contribution in [1.29, 1.82) is 0 Å². The molecule has 0 spiro atoms. The van der Waals surface area contributed by atoms with Crippen LogP contribution in [0.15, 0.2) is 48.5 Å². The lowest BCUT2D eigenvalue weighted by Gasteiger charge is -2.37. The lowest BCUT2D eigenvalue weighted by atomic mass is 9.84. The fourth-order valence-corrected chi connectivity index (χ4v) is 7.26. The van der Waals surface area contributed by atoms with Crippen LogP contribution in [0.1, 0.15) is 69.4 Å². The van der Waals surface area contributed by atoms with Crippen molar-refractivity contribution >= 4 is 17.2 Å². The highest BCUT2D eigenvalue weighted by Crippen LogP contribution is 2.38. The molecule has 0 fully saturated rings. The summed E-state index contributed by atoms with van der Waals surface area (Å²) in [6.45, 7) is 4.62. The number of carboxylic acid groups (broad SMARTS) is 1. The Balaban J connectivity index is 1.57. The number of hydrogen-bond donors (Lipinski definition) is 1. The summed E-state index contributed by atoms with van der Waals surface area (Å²) < 4.78 is 2.57. The van der Waals surface area contributed by atoms with Crippen molar-refractivity contribution in [2.24, 2.45) is 0 Å². The highest BCUT2D eigenvalue weighted by molar-refractivity contribution is 5.97. The van der Waals surface area contributed by atoms with Crippen LogP contribution in [0.25, 0.3) is 5.57 Å². The zero-order valence-corrected chi connectivity index (χ0v) is 20.9. The number of nitrogens with zero attached hydrogens (tertiary/aromatic N) is 2. The lowest BCUT2D eigenvalue weighted by molar-refractivity contribution is 0.0696. The molecular formula is C32H33N2O2+. The minimum absolute atomic E-state index is 0.383. The van der Waals surface area contributed by atoms with Crippen molar-refractivity contribution in [2.75, 3.05) is 31.1 Å². The number of aromatic carboxylic acids is 1. The first kappa shape index (κ1) is 21.8. The zero-order valence-electron chi connectivity index (χ0n) is 20.9. The van der Waals surface area contributed by atoms with E-state index >= 15 is 0 Å². The topological polar surface area (TPSA) is 43.5 Å². The van der Waals surface area contributed by atoms with Crippen molar-refractivity contribution in [3.05, 3.63) is 98.1 Å². The van der Waals surface area contributed by atoms with Gasteiger partial charge in [-0.25, -0.2) is 9.37 Å². The van der Waals surface area contributed by atoms with E-state index in [0.717, 1.165) is 63.0 Å². The largest absolute Gasteiger partial charge is 0.478 e. The molecule has 0 aliphatic carbocycles. The standard InChI is InChI=1S/C32H32N2O2/c35-32(36)28-12-2-1-11-27(28)29(25-17-21-7-3-13-33-14-4-8-22(18-25)30(21)33)26-19-23-9-5-15-34-16-6-10-24(20-26)31(23)34/h1-2,11-12,17-20H,3-10,13-16H2/p+1. The van der Waals surface area contributed by atoms with Crippen molar-refractivity contribution in [3.8, 4) is 0 Å². The van der Waals surface area contributed by atoms with Crippen LogP contribution in [0, 0.1) is 0 Å². The quantitative estimate of drug-likeness (QED) is 0.585. The summed E-state index contributed by atoms with van der Waals surface area (Å²) >= 11 is 0. The summed E-state index contributed by atoms with van der Waals surface area (Å²) in [5.74, 6) is -0.862. The maximum atomic E-state index is 12.4. The van der Waals surface area contributed by atoms with Gasteiger partial charge in [-0.1, -0.05) is 18.2 Å². The average molecular weight is 478 g/mol. The average Bonchev–Trinajstić information content (AvgIpc) is 2.90. The lowest BCUT2D eigenvalue weighted by Crippen LogP contribution is -2.44. The molecule has 3 aromatic carbocycles. The number of hydrogen-bond acceptors (Lipinski definition) is 2. The number of benzene rings is 3. The second-order valence-electron chi connectivity index (χ2n) is 10.9. The summed E-state index contributed by atoms with van der Waals surface area (Å²) in [4.78, 5) is 15.0. The fraction of sp³-hybridized carbons (Fsp3) is 0.375. The summed E-state index contributed by atoms with van der Waals surface area (Å²) in [6.07, 6.45) is 9.17. The Morgan fingerprint density at radius 1 is 0.750 bits per heavy atom. The van der Waals surface area contributed by atoms with Gasteiger partial charge in [-0.2, -0.15) is 0 Å². The monoisotopic (exact) mass is 477 g/mol. The zero-order chi connectivity index (χ0) is 24.2. The van der Waals surface area contributed by atoms with Gasteiger partial charge in [-0.3, -0.25) is 0 Å². The predicted octanol–water partition coefficient (Wildman–Crippen LogP) is 3.71. The second-order valence-corrected chi connectivity index (χ2v) is 10.9. The molecule has 0 bridgehead atoms. The summed E-state index contributed by atoms with van der Waals surface area (Å²) in [7, 11) is 0. The summed E-state index contributed by atoms with van der Waals surface area (Å²) in [5.41, 5.74) is 10.7. The van der Waals surface area contributed by atoms with Gasteiger partial charge in [-0.15, -0.1) is 0 Å². The van der Waals surface area contributed by atoms with Gasteiger partial charge in [0.15, 0.2) is 0 Å². The van der Waals surface area contributed by atoms with Crippen LogP contribution >= 0.6 is 0 Å². The highest BCUT2D eigenvalue weighted by Gasteiger charge is 2.27. The molecular weight excluding hydrogens is 444 g/mol. The molecule has 4 aliphatic rings. The molecule has 0 unspecified atom stereocenters. The van der Waals surface area contributed by atoms with Gasteiger partial charge in [-0.05, 0) is 102 Å². The van der Waals surface area contributed by atoms with E-state index in [-0.39, 0.29) is 0 Å². The Bertz CT molecular complexity index is 1460. The van der Waals surface area contributed by atoms with Crippen molar-refractivity contribution in [3.63, 3.8) is 0 Å². The second kappa shape index (κ2) is 8.62. The van der Waals surface area contributed by atoms with E-state index in [4.69, 9.17) is 0 Å². The SMILES string of the molecule is O=C(O)c1ccccc1C(c1cc2c3c(c1)CCCN3CCC2)=c1cc2c3c(c1)CCC[N+]=3CCC2. The van der Waals surface area contributed by atoms with E-state index < -0.39 is 5.97 Å². The molecule has 182 valence electrons. The van der Waals surface area contributed by atoms with E-state index in [9.17, 15) is 9.90 Å². The van der Waals surface area contributed by atoms with Gasteiger partial charge in [0.2, 0.25) is 5.36 Å². The van der Waals surface area contributed by atoms with Gasteiger partial charge in [0, 0.05) is 42.7 Å². The van der Waals surface area contributed by atoms with Crippen LogP contribution in [0.4, 0.5) is 5.69 Å². The summed E-state index contributed by atoms with van der Waals surface area (Å²) in [6, 6.07) is 17.1. The van der Waals surface area contributed by atoms with E-state index in [0.29, 0.717) is 5.56 Å². The molecule has 36 heavy (non-hydrogen) atoms. The number of anilines is 1. The molecule has 4 aliphatic heterocycles. The minimum Gasteiger partial charge on any atom is -0.478 e. The van der Waals surface area contributed by atoms with Crippen LogP contribution in [-0.2, 0) is 25.7 Å². The molecule has 4 heterocycles. The molecule has 4 heteroatoms. The molecule has 0 saturated heterocycles. The van der Waals surface area contributed by atoms with E-state index in [1.165, 1.54) is 69.8 Å². The third kappa shape index (κ3) is 3.49. The first-order chi connectivity index (χ1) is 17.7. The third-order valence-electron chi connectivity index (χ3n) is 8.67. The number of carboxylic acids is 1. The van der Waals surface area contributed by atoms with Gasteiger partial charge in [0.1, 0.15) is 13.1 Å². The highest BCUT2D eigenvalue weighted by atomic mass is 16.4. The smallest absolute Gasteiger partial charge is 0.336 e. The summed E-state index contributed by atoms with van der Waals surface area (Å²) in [5, 5.41) is 12.8. The molecule has 4 nitrogen and oxygen atoms in total. The van der Waals surface area contributed by atoms with Gasteiger partial charge in [0.05, 0.1) is 5.56 Å². The van der Waals surface area contributed by atoms with Crippen LogP contribution in [0.5, 0.6) is 0 Å². The van der Waals surface area contributed by atoms with Gasteiger partial charge >= 0.3 is 5.97 Å². The predicted molar refractivity (Wildman–Crippen MR) is 144 cm³/mol. The first-order valence-electron chi connectivity index (χ1n) is 13.7. The third-order valence-corrected chi connectivity index (χ3v) is 8.67. The molecule has 0 atom stereocenters.